The van der Waals surface area contributed by atoms with Crippen molar-refractivity contribution in [1.82, 2.24) is 19.5 Å². The highest BCUT2D eigenvalue weighted by Gasteiger charge is 2.45. The first-order valence-corrected chi connectivity index (χ1v) is 11.6. The lowest BCUT2D eigenvalue weighted by molar-refractivity contribution is -0.384. The fourth-order valence-corrected chi connectivity index (χ4v) is 4.33. The molecule has 0 saturated carbocycles. The Morgan fingerprint density at radius 3 is 2.66 bits per heavy atom. The molecule has 1 unspecified atom stereocenters. The molecular formula is C16H17N6O8PS. The third kappa shape index (κ3) is 4.40. The van der Waals surface area contributed by atoms with E-state index < -0.39 is 42.8 Å². The van der Waals surface area contributed by atoms with Gasteiger partial charge in [0.15, 0.2) is 17.7 Å². The average Bonchev–Trinajstić information content (AvgIpc) is 3.29. The number of benzene rings is 1. The van der Waals surface area contributed by atoms with Gasteiger partial charge < -0.3 is 30.1 Å². The van der Waals surface area contributed by atoms with E-state index in [4.69, 9.17) is 31.3 Å². The molecule has 4 rings (SSSR count). The molecule has 14 nitrogen and oxygen atoms in total. The van der Waals surface area contributed by atoms with E-state index in [0.717, 1.165) is 0 Å². The van der Waals surface area contributed by atoms with Crippen LogP contribution in [0.2, 0.25) is 0 Å². The highest BCUT2D eigenvalue weighted by atomic mass is 32.5. The Labute approximate surface area is 184 Å². The number of nitro benzene ring substituents is 1. The largest absolute Gasteiger partial charge is 0.424 e. The molecule has 0 bridgehead atoms. The molecule has 1 aromatic carbocycles. The van der Waals surface area contributed by atoms with E-state index in [1.54, 1.807) is 0 Å². The molecule has 0 spiro atoms. The van der Waals surface area contributed by atoms with Gasteiger partial charge in [0.2, 0.25) is 0 Å². The fourth-order valence-electron chi connectivity index (χ4n) is 3.11. The average molecular weight is 484 g/mol. The summed E-state index contributed by atoms with van der Waals surface area (Å²) in [5, 5.41) is 31.5. The molecule has 3 heterocycles. The number of aliphatic hydroxyl groups is 2. The Hall–Kier alpha value is -2.78. The number of aliphatic hydroxyl groups excluding tert-OH is 2. The molecule has 16 heteroatoms. The maximum absolute atomic E-state index is 10.7. The van der Waals surface area contributed by atoms with Crippen LogP contribution in [-0.2, 0) is 21.1 Å². The number of rotatable bonds is 7. The topological polar surface area (TPSA) is 201 Å². The molecule has 1 aliphatic rings. The van der Waals surface area contributed by atoms with E-state index in [2.05, 4.69) is 15.0 Å². The molecule has 32 heavy (non-hydrogen) atoms. The summed E-state index contributed by atoms with van der Waals surface area (Å²) in [4.78, 5) is 32.4. The van der Waals surface area contributed by atoms with Crippen molar-refractivity contribution in [3.05, 3.63) is 47.0 Å². The van der Waals surface area contributed by atoms with Crippen LogP contribution in [0.3, 0.4) is 0 Å². The number of nitro groups is 1. The minimum Gasteiger partial charge on any atom is -0.424 e. The second-order valence-electron chi connectivity index (χ2n) is 6.74. The predicted octanol–water partition coefficient (Wildman–Crippen LogP) is 0.248. The van der Waals surface area contributed by atoms with Gasteiger partial charge in [-0.15, -0.1) is 0 Å². The van der Waals surface area contributed by atoms with Gasteiger partial charge in [-0.25, -0.2) is 15.0 Å². The summed E-state index contributed by atoms with van der Waals surface area (Å²) >= 11 is 4.94. The summed E-state index contributed by atoms with van der Waals surface area (Å²) in [5.74, 6) is 0.209. The zero-order valence-electron chi connectivity index (χ0n) is 16.0. The molecule has 0 aliphatic carbocycles. The van der Waals surface area contributed by atoms with E-state index in [-0.39, 0.29) is 17.3 Å². The number of non-ortho nitro benzene ring substituents is 1. The van der Waals surface area contributed by atoms with E-state index in [9.17, 15) is 25.2 Å². The van der Waals surface area contributed by atoms with Crippen molar-refractivity contribution in [3.63, 3.8) is 0 Å². The van der Waals surface area contributed by atoms with Crippen molar-refractivity contribution in [1.29, 1.82) is 0 Å². The molecule has 1 fully saturated rings. The maximum Gasteiger partial charge on any atom is 0.378 e. The number of hydrogen-bond donors (Lipinski definition) is 4. The molecular weight excluding hydrogens is 467 g/mol. The van der Waals surface area contributed by atoms with Gasteiger partial charge in [-0.3, -0.25) is 19.2 Å². The summed E-state index contributed by atoms with van der Waals surface area (Å²) in [6.45, 7) is -4.25. The normalized spacial score (nSPS) is 25.0. The van der Waals surface area contributed by atoms with Crippen molar-refractivity contribution < 1.29 is 33.8 Å². The third-order valence-electron chi connectivity index (χ3n) is 4.67. The van der Waals surface area contributed by atoms with Crippen molar-refractivity contribution in [2.45, 2.75) is 24.5 Å². The van der Waals surface area contributed by atoms with E-state index in [1.807, 2.05) is 0 Å². The number of imidazole rings is 1. The monoisotopic (exact) mass is 484 g/mol. The van der Waals surface area contributed by atoms with Crippen molar-refractivity contribution in [3.8, 4) is 5.75 Å². The first-order valence-electron chi connectivity index (χ1n) is 9.02. The molecule has 1 saturated heterocycles. The summed E-state index contributed by atoms with van der Waals surface area (Å²) in [5.41, 5.74) is 6.20. The van der Waals surface area contributed by atoms with Crippen molar-refractivity contribution >= 4 is 41.2 Å². The van der Waals surface area contributed by atoms with Crippen LogP contribution in [0.4, 0.5) is 11.5 Å². The van der Waals surface area contributed by atoms with Gasteiger partial charge in [0.05, 0.1) is 17.9 Å². The Bertz CT molecular complexity index is 1190. The van der Waals surface area contributed by atoms with E-state index in [1.165, 1.54) is 41.5 Å². The van der Waals surface area contributed by atoms with Crippen LogP contribution in [0, 0.1) is 10.1 Å². The Morgan fingerprint density at radius 2 is 1.97 bits per heavy atom. The van der Waals surface area contributed by atoms with Gasteiger partial charge >= 0.3 is 6.72 Å². The number of hydrogen-bond acceptors (Lipinski definition) is 12. The molecule has 0 amide bonds. The highest BCUT2D eigenvalue weighted by Crippen LogP contribution is 2.45. The smallest absolute Gasteiger partial charge is 0.378 e. The Kier molecular flexibility index (Phi) is 6.05. The number of anilines is 1. The van der Waals surface area contributed by atoms with Crippen LogP contribution >= 0.6 is 6.72 Å². The zero-order valence-corrected chi connectivity index (χ0v) is 17.7. The van der Waals surface area contributed by atoms with Crippen LogP contribution in [-0.4, -0.2) is 64.5 Å². The molecule has 3 aromatic rings. The molecule has 1 aliphatic heterocycles. The summed E-state index contributed by atoms with van der Waals surface area (Å²) in [7, 11) is 0. The first kappa shape index (κ1) is 22.4. The number of ether oxygens (including phenoxy) is 1. The van der Waals surface area contributed by atoms with Crippen LogP contribution in [0.1, 0.15) is 6.23 Å². The van der Waals surface area contributed by atoms with Crippen LogP contribution < -0.4 is 10.3 Å². The highest BCUT2D eigenvalue weighted by molar-refractivity contribution is 8.07. The second kappa shape index (κ2) is 8.63. The van der Waals surface area contributed by atoms with Gasteiger partial charge in [0.25, 0.3) is 5.69 Å². The standard InChI is InChI=1S/C16H17N6O8PS/c17-14-11-15(19-6-18-14)21(7-20-11)16-13(24)12(23)10(29-16)5-28-31(27,32)30-9-3-1-8(2-4-9)22(25)26/h1-4,6-7,10,12-13,16,23-24H,5H2,(H,27,32)(H2,17,18,19)/t10-,12-,13-,16-,31?/m1/s1. The predicted molar refractivity (Wildman–Crippen MR) is 112 cm³/mol. The lowest BCUT2D eigenvalue weighted by atomic mass is 10.1. The fraction of sp³-hybridized carbons (Fsp3) is 0.312. The van der Waals surface area contributed by atoms with Gasteiger partial charge in [-0.1, -0.05) is 0 Å². The molecule has 2 aromatic heterocycles. The summed E-state index contributed by atoms with van der Waals surface area (Å²) < 4.78 is 17.5. The third-order valence-corrected chi connectivity index (χ3v) is 6.13. The first-order chi connectivity index (χ1) is 15.2. The molecule has 5 N–H and O–H groups in total. The van der Waals surface area contributed by atoms with Crippen LogP contribution in [0.15, 0.2) is 36.9 Å². The van der Waals surface area contributed by atoms with Gasteiger partial charge in [-0.2, -0.15) is 0 Å². The minimum absolute atomic E-state index is 0.0643. The van der Waals surface area contributed by atoms with Crippen molar-refractivity contribution in [2.24, 2.45) is 0 Å². The molecule has 170 valence electrons. The summed E-state index contributed by atoms with van der Waals surface area (Å²) in [6, 6.07) is 4.89. The lowest BCUT2D eigenvalue weighted by Crippen LogP contribution is -2.33. The zero-order chi connectivity index (χ0) is 23.0. The Balaban J connectivity index is 1.42. The minimum atomic E-state index is -3.84. The molecule has 5 atom stereocenters. The number of nitrogen functional groups attached to an aromatic ring is 1. The van der Waals surface area contributed by atoms with Gasteiger partial charge in [0.1, 0.15) is 35.9 Å². The van der Waals surface area contributed by atoms with Crippen molar-refractivity contribution in [2.75, 3.05) is 12.3 Å². The summed E-state index contributed by atoms with van der Waals surface area (Å²) in [6.07, 6.45) is -2.32. The van der Waals surface area contributed by atoms with Crippen LogP contribution in [0.5, 0.6) is 5.75 Å². The maximum atomic E-state index is 10.7. The quantitative estimate of drug-likeness (QED) is 0.202. The van der Waals surface area contributed by atoms with Gasteiger partial charge in [-0.05, 0) is 12.1 Å². The lowest BCUT2D eigenvalue weighted by Gasteiger charge is -2.20. The number of aromatic nitrogens is 4. The van der Waals surface area contributed by atoms with Gasteiger partial charge in [0, 0.05) is 23.9 Å². The van der Waals surface area contributed by atoms with E-state index in [0.29, 0.717) is 11.2 Å². The van der Waals surface area contributed by atoms with E-state index >= 15 is 0 Å². The number of nitrogens with two attached hydrogens (primary N) is 1. The Morgan fingerprint density at radius 1 is 1.25 bits per heavy atom. The SMILES string of the molecule is Nc1ncnc2c1ncn2[C@@H]1O[C@H](COP(O)(=S)Oc2ccc([N+](=O)[O-])cc2)[C@@H](O)[C@H]1O. The number of nitrogens with zero attached hydrogens (tertiary/aromatic N) is 5. The molecule has 0 radical (unpaired) electrons. The second-order valence-corrected chi connectivity index (χ2v) is 9.50. The number of fused-ring (bicyclic) bond motifs is 1. The van der Waals surface area contributed by atoms with Crippen LogP contribution in [0.25, 0.3) is 11.2 Å².